The number of hydrogen-bond acceptors (Lipinski definition) is 4. The highest BCUT2D eigenvalue weighted by atomic mass is 32.2. The Bertz CT molecular complexity index is 469. The first-order chi connectivity index (χ1) is 7.33. The standard InChI is InChI=1S/C10H14O5S/c1-7(2)5-6-16(13,14)9-4-3-8(15-9)10(11)12/h3-4,7H,5-6H2,1-2H3,(H,11,12). The summed E-state index contributed by atoms with van der Waals surface area (Å²) in [5, 5.41) is 8.32. The van der Waals surface area contributed by atoms with Crippen LogP contribution in [0.2, 0.25) is 0 Å². The van der Waals surface area contributed by atoms with Crippen molar-refractivity contribution < 1.29 is 22.7 Å². The molecule has 5 nitrogen and oxygen atoms in total. The van der Waals surface area contributed by atoms with Crippen molar-refractivity contribution in [3.63, 3.8) is 0 Å². The first kappa shape index (κ1) is 12.8. The molecule has 0 bridgehead atoms. The Hall–Kier alpha value is -1.30. The summed E-state index contributed by atoms with van der Waals surface area (Å²) in [4.78, 5) is 10.5. The van der Waals surface area contributed by atoms with Crippen LogP contribution in [-0.2, 0) is 9.84 Å². The molecule has 0 aromatic carbocycles. The van der Waals surface area contributed by atoms with Gasteiger partial charge in [0.2, 0.25) is 20.7 Å². The molecule has 0 fully saturated rings. The minimum Gasteiger partial charge on any atom is -0.475 e. The topological polar surface area (TPSA) is 84.6 Å². The predicted molar refractivity (Wildman–Crippen MR) is 57.2 cm³/mol. The van der Waals surface area contributed by atoms with Gasteiger partial charge in [0.25, 0.3) is 0 Å². The molecular formula is C10H14O5S. The lowest BCUT2D eigenvalue weighted by Crippen LogP contribution is -2.08. The third kappa shape index (κ3) is 3.10. The average Bonchev–Trinajstić information content (AvgIpc) is 2.64. The van der Waals surface area contributed by atoms with Crippen LogP contribution in [0.15, 0.2) is 21.6 Å². The van der Waals surface area contributed by atoms with Gasteiger partial charge in [-0.3, -0.25) is 0 Å². The maximum atomic E-state index is 11.7. The van der Waals surface area contributed by atoms with E-state index < -0.39 is 15.8 Å². The van der Waals surface area contributed by atoms with Gasteiger partial charge < -0.3 is 9.52 Å². The molecule has 0 radical (unpaired) electrons. The monoisotopic (exact) mass is 246 g/mol. The van der Waals surface area contributed by atoms with Crippen LogP contribution in [0.3, 0.4) is 0 Å². The van der Waals surface area contributed by atoms with Crippen molar-refractivity contribution in [2.75, 3.05) is 5.75 Å². The van der Waals surface area contributed by atoms with Crippen LogP contribution in [0.4, 0.5) is 0 Å². The SMILES string of the molecule is CC(C)CCS(=O)(=O)c1ccc(C(=O)O)o1. The van der Waals surface area contributed by atoms with Crippen molar-refractivity contribution in [2.24, 2.45) is 5.92 Å². The van der Waals surface area contributed by atoms with Gasteiger partial charge in [0.15, 0.2) is 0 Å². The lowest BCUT2D eigenvalue weighted by Gasteiger charge is -2.03. The quantitative estimate of drug-likeness (QED) is 0.856. The molecule has 1 rings (SSSR count). The van der Waals surface area contributed by atoms with E-state index in [0.29, 0.717) is 6.42 Å². The fraction of sp³-hybridized carbons (Fsp3) is 0.500. The Morgan fingerprint density at radius 3 is 2.50 bits per heavy atom. The van der Waals surface area contributed by atoms with Crippen molar-refractivity contribution in [1.29, 1.82) is 0 Å². The second kappa shape index (κ2) is 4.69. The van der Waals surface area contributed by atoms with E-state index in [1.54, 1.807) is 0 Å². The number of carbonyl (C=O) groups is 1. The van der Waals surface area contributed by atoms with Crippen LogP contribution in [0.5, 0.6) is 0 Å². The molecule has 16 heavy (non-hydrogen) atoms. The Labute approximate surface area is 94.0 Å². The van der Waals surface area contributed by atoms with Crippen LogP contribution in [0.25, 0.3) is 0 Å². The number of carboxylic acids is 1. The molecule has 0 aliphatic rings. The van der Waals surface area contributed by atoms with Crippen LogP contribution >= 0.6 is 0 Å². The summed E-state index contributed by atoms with van der Waals surface area (Å²) < 4.78 is 28.1. The zero-order valence-corrected chi connectivity index (χ0v) is 9.95. The highest BCUT2D eigenvalue weighted by Crippen LogP contribution is 2.17. The van der Waals surface area contributed by atoms with Crippen molar-refractivity contribution >= 4 is 15.8 Å². The van der Waals surface area contributed by atoms with E-state index in [4.69, 9.17) is 9.52 Å². The smallest absolute Gasteiger partial charge is 0.371 e. The van der Waals surface area contributed by atoms with Gasteiger partial charge in [-0.2, -0.15) is 0 Å². The van der Waals surface area contributed by atoms with E-state index in [1.165, 1.54) is 6.07 Å². The zero-order chi connectivity index (χ0) is 12.3. The van der Waals surface area contributed by atoms with E-state index >= 15 is 0 Å². The van der Waals surface area contributed by atoms with Crippen molar-refractivity contribution in [2.45, 2.75) is 25.4 Å². The Morgan fingerprint density at radius 1 is 1.44 bits per heavy atom. The minimum absolute atomic E-state index is 0.0305. The van der Waals surface area contributed by atoms with Gasteiger partial charge in [-0.15, -0.1) is 0 Å². The van der Waals surface area contributed by atoms with Crippen LogP contribution in [0.1, 0.15) is 30.8 Å². The Kier molecular flexibility index (Phi) is 3.74. The molecular weight excluding hydrogens is 232 g/mol. The summed E-state index contributed by atoms with van der Waals surface area (Å²) in [6.45, 7) is 3.83. The molecule has 0 aliphatic carbocycles. The molecule has 0 saturated carbocycles. The maximum absolute atomic E-state index is 11.7. The first-order valence-corrected chi connectivity index (χ1v) is 6.54. The summed E-state index contributed by atoms with van der Waals surface area (Å²) >= 11 is 0. The Balaban J connectivity index is 2.86. The molecule has 6 heteroatoms. The minimum atomic E-state index is -3.50. The van der Waals surface area contributed by atoms with E-state index in [2.05, 4.69) is 0 Å². The molecule has 0 aliphatic heterocycles. The summed E-state index contributed by atoms with van der Waals surface area (Å²) in [5.74, 6) is -1.39. The van der Waals surface area contributed by atoms with Gasteiger partial charge in [0.05, 0.1) is 5.75 Å². The van der Waals surface area contributed by atoms with Crippen molar-refractivity contribution in [1.82, 2.24) is 0 Å². The molecule has 1 aromatic rings. The molecule has 0 unspecified atom stereocenters. The number of sulfone groups is 1. The number of hydrogen-bond donors (Lipinski definition) is 1. The molecule has 1 heterocycles. The van der Waals surface area contributed by atoms with Crippen molar-refractivity contribution in [3.8, 4) is 0 Å². The van der Waals surface area contributed by atoms with E-state index in [9.17, 15) is 13.2 Å². The van der Waals surface area contributed by atoms with Crippen LogP contribution in [0, 0.1) is 5.92 Å². The summed E-state index contributed by atoms with van der Waals surface area (Å²) in [6.07, 6.45) is 0.519. The fourth-order valence-corrected chi connectivity index (χ4v) is 2.57. The normalized spacial score (nSPS) is 11.9. The summed E-state index contributed by atoms with van der Waals surface area (Å²) in [5.41, 5.74) is 0. The lowest BCUT2D eigenvalue weighted by atomic mass is 10.2. The number of rotatable bonds is 5. The van der Waals surface area contributed by atoms with Gasteiger partial charge >= 0.3 is 5.97 Å². The maximum Gasteiger partial charge on any atom is 0.371 e. The van der Waals surface area contributed by atoms with E-state index in [-0.39, 0.29) is 22.5 Å². The van der Waals surface area contributed by atoms with Crippen LogP contribution < -0.4 is 0 Å². The second-order valence-corrected chi connectivity index (χ2v) is 5.97. The zero-order valence-electron chi connectivity index (χ0n) is 9.13. The molecule has 0 saturated heterocycles. The summed E-state index contributed by atoms with van der Waals surface area (Å²) in [7, 11) is -3.50. The van der Waals surface area contributed by atoms with Gasteiger partial charge in [-0.05, 0) is 24.5 Å². The summed E-state index contributed by atoms with van der Waals surface area (Å²) in [6, 6.07) is 2.32. The number of carboxylic acid groups (broad SMARTS) is 1. The predicted octanol–water partition coefficient (Wildman–Crippen LogP) is 1.80. The van der Waals surface area contributed by atoms with Gasteiger partial charge in [-0.25, -0.2) is 13.2 Å². The second-order valence-electron chi connectivity index (χ2n) is 3.93. The number of furan rings is 1. The fourth-order valence-electron chi connectivity index (χ4n) is 1.09. The van der Waals surface area contributed by atoms with Gasteiger partial charge in [0, 0.05) is 0 Å². The average molecular weight is 246 g/mol. The lowest BCUT2D eigenvalue weighted by molar-refractivity contribution is 0.0656. The third-order valence-corrected chi connectivity index (χ3v) is 3.67. The van der Waals surface area contributed by atoms with Crippen LogP contribution in [-0.4, -0.2) is 25.2 Å². The molecule has 1 aromatic heterocycles. The largest absolute Gasteiger partial charge is 0.475 e. The molecule has 0 atom stereocenters. The molecule has 1 N–H and O–H groups in total. The molecule has 0 spiro atoms. The van der Waals surface area contributed by atoms with E-state index in [0.717, 1.165) is 6.07 Å². The highest BCUT2D eigenvalue weighted by Gasteiger charge is 2.21. The Morgan fingerprint density at radius 2 is 2.06 bits per heavy atom. The van der Waals surface area contributed by atoms with Gasteiger partial charge in [0.1, 0.15) is 0 Å². The van der Waals surface area contributed by atoms with Gasteiger partial charge in [-0.1, -0.05) is 13.8 Å². The third-order valence-electron chi connectivity index (χ3n) is 2.06. The first-order valence-electron chi connectivity index (χ1n) is 4.89. The highest BCUT2D eigenvalue weighted by molar-refractivity contribution is 7.91. The van der Waals surface area contributed by atoms with E-state index in [1.807, 2.05) is 13.8 Å². The molecule has 0 amide bonds. The molecule has 90 valence electrons. The number of aromatic carboxylic acids is 1. The van der Waals surface area contributed by atoms with Crippen molar-refractivity contribution in [3.05, 3.63) is 17.9 Å².